The van der Waals surface area contributed by atoms with Gasteiger partial charge in [-0.05, 0) is 58.4 Å². The van der Waals surface area contributed by atoms with Crippen LogP contribution in [0.3, 0.4) is 0 Å². The van der Waals surface area contributed by atoms with Crippen molar-refractivity contribution in [1.29, 1.82) is 0 Å². The van der Waals surface area contributed by atoms with Gasteiger partial charge >= 0.3 is 6.18 Å². The lowest BCUT2D eigenvalue weighted by Gasteiger charge is -2.19. The number of aryl methyl sites for hydroxylation is 1. The first kappa shape index (κ1) is 22.3. The molecule has 6 nitrogen and oxygen atoms in total. The summed E-state index contributed by atoms with van der Waals surface area (Å²) in [4.78, 5) is 25.0. The highest BCUT2D eigenvalue weighted by Crippen LogP contribution is 2.37. The van der Waals surface area contributed by atoms with E-state index in [0.29, 0.717) is 41.1 Å². The molecule has 0 saturated heterocycles. The molecule has 2 aromatic rings. The van der Waals surface area contributed by atoms with Crippen LogP contribution < -0.4 is 11.1 Å². The number of rotatable bonds is 6. The number of halogens is 3. The van der Waals surface area contributed by atoms with Gasteiger partial charge in [-0.1, -0.05) is 0 Å². The summed E-state index contributed by atoms with van der Waals surface area (Å²) in [6.45, 7) is 5.37. The predicted octanol–water partition coefficient (Wildman–Crippen LogP) is 4.54. The molecule has 10 heteroatoms. The van der Waals surface area contributed by atoms with Crippen molar-refractivity contribution in [2.75, 3.05) is 5.32 Å². The van der Waals surface area contributed by atoms with Gasteiger partial charge in [0, 0.05) is 28.6 Å². The maximum Gasteiger partial charge on any atom is 0.435 e. The lowest BCUT2D eigenvalue weighted by molar-refractivity contribution is -0.142. The van der Waals surface area contributed by atoms with E-state index in [0.717, 1.165) is 23.3 Å². The topological polar surface area (TPSA) is 90.0 Å². The zero-order valence-corrected chi connectivity index (χ0v) is 18.0. The minimum absolute atomic E-state index is 0.0886. The monoisotopic (exact) mass is 442 g/mol. The first-order valence-corrected chi connectivity index (χ1v) is 10.7. The molecular weight excluding hydrogens is 417 g/mol. The van der Waals surface area contributed by atoms with E-state index in [2.05, 4.69) is 10.4 Å². The second-order valence-electron chi connectivity index (χ2n) is 7.71. The Hall–Kier alpha value is -2.36. The van der Waals surface area contributed by atoms with Crippen LogP contribution in [-0.2, 0) is 23.8 Å². The number of carbonyl (C=O) groups is 2. The van der Waals surface area contributed by atoms with E-state index >= 15 is 0 Å². The number of carbonyl (C=O) groups excluding carboxylic acids is 2. The Balaban J connectivity index is 1.72. The van der Waals surface area contributed by atoms with Crippen molar-refractivity contribution in [3.8, 4) is 0 Å². The summed E-state index contributed by atoms with van der Waals surface area (Å²) in [6.07, 6.45) is -1.58. The molecule has 164 valence electrons. The van der Waals surface area contributed by atoms with Crippen LogP contribution in [0.5, 0.6) is 0 Å². The van der Waals surface area contributed by atoms with Gasteiger partial charge in [-0.2, -0.15) is 18.3 Å². The smallest absolute Gasteiger partial charge is 0.365 e. The van der Waals surface area contributed by atoms with E-state index in [1.54, 1.807) is 13.8 Å². The number of thiophene rings is 1. The largest absolute Gasteiger partial charge is 0.435 e. The number of amides is 2. The van der Waals surface area contributed by atoms with E-state index in [1.165, 1.54) is 16.0 Å². The fourth-order valence-corrected chi connectivity index (χ4v) is 4.96. The number of anilines is 1. The normalized spacial score (nSPS) is 15.0. The second-order valence-corrected chi connectivity index (χ2v) is 8.94. The number of fused-ring (bicyclic) bond motifs is 1. The average Bonchev–Trinajstić information content (AvgIpc) is 3.18. The maximum absolute atomic E-state index is 13.4. The Morgan fingerprint density at radius 1 is 1.27 bits per heavy atom. The van der Waals surface area contributed by atoms with Crippen molar-refractivity contribution < 1.29 is 22.8 Å². The Morgan fingerprint density at radius 3 is 2.57 bits per heavy atom. The number of nitrogens with one attached hydrogen (secondary N) is 1. The standard InChI is InChI=1S/C20H25F3N4O2S/c1-10(27-14-7-5-4-6-13(14)17(26-27)20(21,22)23)8-9-15(28)25-19-16(18(24)29)11(2)12(3)30-19/h10H,4-9H2,1-3H3,(H2,24,29)(H,25,28). The molecule has 0 bridgehead atoms. The van der Waals surface area contributed by atoms with Gasteiger partial charge in [-0.3, -0.25) is 14.3 Å². The molecule has 1 aliphatic rings. The van der Waals surface area contributed by atoms with E-state index in [-0.39, 0.29) is 18.4 Å². The molecule has 1 unspecified atom stereocenters. The van der Waals surface area contributed by atoms with Crippen LogP contribution >= 0.6 is 11.3 Å². The molecule has 0 aromatic carbocycles. The van der Waals surface area contributed by atoms with E-state index < -0.39 is 17.8 Å². The third-order valence-corrected chi connectivity index (χ3v) is 6.69. The summed E-state index contributed by atoms with van der Waals surface area (Å²) in [5.74, 6) is -0.925. The van der Waals surface area contributed by atoms with Gasteiger partial charge in [0.1, 0.15) is 5.00 Å². The van der Waals surface area contributed by atoms with Crippen LogP contribution in [0.25, 0.3) is 0 Å². The molecule has 0 spiro atoms. The van der Waals surface area contributed by atoms with Crippen LogP contribution in [0, 0.1) is 13.8 Å². The number of hydrogen-bond donors (Lipinski definition) is 2. The van der Waals surface area contributed by atoms with Gasteiger partial charge in [-0.15, -0.1) is 11.3 Å². The van der Waals surface area contributed by atoms with Crippen LogP contribution in [-0.4, -0.2) is 21.6 Å². The molecule has 3 rings (SSSR count). The van der Waals surface area contributed by atoms with Gasteiger partial charge in [0.15, 0.2) is 5.69 Å². The highest BCUT2D eigenvalue weighted by molar-refractivity contribution is 7.16. The molecule has 2 heterocycles. The summed E-state index contributed by atoms with van der Waals surface area (Å²) in [7, 11) is 0. The van der Waals surface area contributed by atoms with Crippen molar-refractivity contribution >= 4 is 28.2 Å². The van der Waals surface area contributed by atoms with Crippen molar-refractivity contribution in [3.05, 3.63) is 33.0 Å². The molecule has 0 aliphatic heterocycles. The highest BCUT2D eigenvalue weighted by atomic mass is 32.1. The van der Waals surface area contributed by atoms with Gasteiger partial charge in [0.05, 0.1) is 5.56 Å². The van der Waals surface area contributed by atoms with E-state index in [9.17, 15) is 22.8 Å². The van der Waals surface area contributed by atoms with Gasteiger partial charge in [0.2, 0.25) is 5.91 Å². The summed E-state index contributed by atoms with van der Waals surface area (Å²) >= 11 is 1.28. The van der Waals surface area contributed by atoms with Crippen molar-refractivity contribution in [2.45, 2.75) is 71.5 Å². The molecule has 2 aromatic heterocycles. The zero-order chi connectivity index (χ0) is 22.2. The lowest BCUT2D eigenvalue weighted by atomic mass is 9.95. The maximum atomic E-state index is 13.4. The van der Waals surface area contributed by atoms with Crippen molar-refractivity contribution in [3.63, 3.8) is 0 Å². The summed E-state index contributed by atoms with van der Waals surface area (Å²) in [5.41, 5.74) is 6.57. The number of nitrogens with zero attached hydrogens (tertiary/aromatic N) is 2. The molecule has 30 heavy (non-hydrogen) atoms. The lowest BCUT2D eigenvalue weighted by Crippen LogP contribution is -2.19. The number of alkyl halides is 3. The SMILES string of the molecule is Cc1sc(NC(=O)CCC(C)n2nc(C(F)(F)F)c3c2CCCC3)c(C(N)=O)c1C. The van der Waals surface area contributed by atoms with Crippen LogP contribution in [0.15, 0.2) is 0 Å². The predicted molar refractivity (Wildman–Crippen MR) is 109 cm³/mol. The van der Waals surface area contributed by atoms with Gasteiger partial charge < -0.3 is 11.1 Å². The van der Waals surface area contributed by atoms with Crippen LogP contribution in [0.4, 0.5) is 18.2 Å². The third-order valence-electron chi connectivity index (χ3n) is 5.57. The Bertz CT molecular complexity index is 978. The molecule has 0 fully saturated rings. The molecule has 0 radical (unpaired) electrons. The number of aromatic nitrogens is 2. The zero-order valence-electron chi connectivity index (χ0n) is 17.2. The molecule has 1 atom stereocenters. The first-order chi connectivity index (χ1) is 14.0. The quantitative estimate of drug-likeness (QED) is 0.688. The summed E-state index contributed by atoms with van der Waals surface area (Å²) in [5, 5.41) is 7.01. The Kier molecular flexibility index (Phi) is 6.26. The Morgan fingerprint density at radius 2 is 1.93 bits per heavy atom. The average molecular weight is 443 g/mol. The summed E-state index contributed by atoms with van der Waals surface area (Å²) < 4.78 is 41.6. The third kappa shape index (κ3) is 4.38. The minimum atomic E-state index is -4.48. The number of nitrogens with two attached hydrogens (primary N) is 1. The second kappa shape index (κ2) is 8.41. The number of hydrogen-bond acceptors (Lipinski definition) is 4. The molecule has 1 aliphatic carbocycles. The minimum Gasteiger partial charge on any atom is -0.365 e. The van der Waals surface area contributed by atoms with Crippen molar-refractivity contribution in [1.82, 2.24) is 9.78 Å². The number of primary amides is 1. The molecular formula is C20H25F3N4O2S. The van der Waals surface area contributed by atoms with Crippen molar-refractivity contribution in [2.24, 2.45) is 5.73 Å². The summed E-state index contributed by atoms with van der Waals surface area (Å²) in [6, 6.07) is -0.360. The van der Waals surface area contributed by atoms with Crippen LogP contribution in [0.2, 0.25) is 0 Å². The molecule has 3 N–H and O–H groups in total. The first-order valence-electron chi connectivity index (χ1n) is 9.87. The van der Waals surface area contributed by atoms with E-state index in [4.69, 9.17) is 5.73 Å². The Labute approximate surface area is 176 Å². The molecule has 2 amide bonds. The van der Waals surface area contributed by atoms with Gasteiger partial charge in [0.25, 0.3) is 5.91 Å². The molecule has 0 saturated carbocycles. The highest BCUT2D eigenvalue weighted by Gasteiger charge is 2.40. The fourth-order valence-electron chi connectivity index (χ4n) is 3.88. The van der Waals surface area contributed by atoms with Crippen LogP contribution in [0.1, 0.15) is 76.4 Å². The van der Waals surface area contributed by atoms with E-state index in [1.807, 2.05) is 6.92 Å². The van der Waals surface area contributed by atoms with Gasteiger partial charge in [-0.25, -0.2) is 0 Å². The fraction of sp³-hybridized carbons (Fsp3) is 0.550.